The van der Waals surface area contributed by atoms with Crippen molar-refractivity contribution in [2.75, 3.05) is 4.90 Å². The number of rotatable bonds is 6. The normalized spacial score (nSPS) is 11.6. The van der Waals surface area contributed by atoms with Gasteiger partial charge in [-0.05, 0) is 95.9 Å². The van der Waals surface area contributed by atoms with E-state index in [1.807, 2.05) is 6.07 Å². The summed E-state index contributed by atoms with van der Waals surface area (Å²) in [5.41, 5.74) is 14.3. The third kappa shape index (κ3) is 4.82. The molecule has 0 atom stereocenters. The lowest BCUT2D eigenvalue weighted by molar-refractivity contribution is 0.670. The van der Waals surface area contributed by atoms with Gasteiger partial charge in [0, 0.05) is 38.8 Å². The van der Waals surface area contributed by atoms with Crippen molar-refractivity contribution in [3.05, 3.63) is 194 Å². The average Bonchev–Trinajstić information content (AvgIpc) is 3.76. The smallest absolute Gasteiger partial charge is 0.145 e. The molecule has 0 radical (unpaired) electrons. The maximum Gasteiger partial charge on any atom is 0.145 e. The van der Waals surface area contributed by atoms with Crippen LogP contribution in [0.15, 0.2) is 192 Å². The minimum Gasteiger partial charge on any atom is -0.455 e. The summed E-state index contributed by atoms with van der Waals surface area (Å²) in [4.78, 5) is 2.38. The van der Waals surface area contributed by atoms with E-state index in [1.54, 1.807) is 0 Å². The second-order valence-corrected chi connectivity index (χ2v) is 13.4. The fourth-order valence-electron chi connectivity index (χ4n) is 7.92. The molecule has 246 valence electrons. The number of fused-ring (bicyclic) bond motifs is 6. The van der Waals surface area contributed by atoms with Crippen LogP contribution in [0.2, 0.25) is 0 Å². The molecule has 0 saturated heterocycles. The number of anilines is 3. The highest BCUT2D eigenvalue weighted by molar-refractivity contribution is 6.17. The Bertz CT molecular complexity index is 2850. The molecule has 52 heavy (non-hydrogen) atoms. The first-order valence-corrected chi connectivity index (χ1v) is 17.8. The van der Waals surface area contributed by atoms with E-state index in [4.69, 9.17) is 4.42 Å². The van der Waals surface area contributed by atoms with E-state index in [9.17, 15) is 0 Å². The van der Waals surface area contributed by atoms with Gasteiger partial charge in [0.25, 0.3) is 0 Å². The van der Waals surface area contributed by atoms with Crippen molar-refractivity contribution in [1.82, 2.24) is 4.57 Å². The van der Waals surface area contributed by atoms with E-state index in [0.717, 1.165) is 55.8 Å². The summed E-state index contributed by atoms with van der Waals surface area (Å²) >= 11 is 0. The number of aromatic nitrogens is 1. The van der Waals surface area contributed by atoms with Crippen LogP contribution in [0.25, 0.3) is 71.7 Å². The van der Waals surface area contributed by atoms with Crippen LogP contribution in [0.5, 0.6) is 0 Å². The summed E-state index contributed by atoms with van der Waals surface area (Å²) in [6.45, 7) is 2.20. The molecule has 2 heterocycles. The van der Waals surface area contributed by atoms with Crippen LogP contribution in [0, 0.1) is 6.92 Å². The maximum atomic E-state index is 6.79. The summed E-state index contributed by atoms with van der Waals surface area (Å²) in [6, 6.07) is 67.0. The minimum atomic E-state index is 0.872. The number of benzene rings is 8. The molecule has 0 saturated carbocycles. The Morgan fingerprint density at radius 2 is 1.04 bits per heavy atom. The van der Waals surface area contributed by atoms with Crippen molar-refractivity contribution in [2.24, 2.45) is 0 Å². The summed E-state index contributed by atoms with van der Waals surface area (Å²) in [6.07, 6.45) is 0. The number of para-hydroxylation sites is 4. The maximum absolute atomic E-state index is 6.79. The zero-order chi connectivity index (χ0) is 34.6. The van der Waals surface area contributed by atoms with E-state index in [-0.39, 0.29) is 0 Å². The molecule has 8 aromatic carbocycles. The molecule has 0 aliphatic carbocycles. The van der Waals surface area contributed by atoms with Crippen molar-refractivity contribution >= 4 is 60.8 Å². The fourth-order valence-corrected chi connectivity index (χ4v) is 7.92. The molecule has 0 N–H and O–H groups in total. The van der Waals surface area contributed by atoms with Gasteiger partial charge >= 0.3 is 0 Å². The monoisotopic (exact) mass is 666 g/mol. The van der Waals surface area contributed by atoms with Gasteiger partial charge in [0.15, 0.2) is 0 Å². The first kappa shape index (κ1) is 30.0. The second-order valence-electron chi connectivity index (χ2n) is 13.4. The van der Waals surface area contributed by atoms with Gasteiger partial charge in [-0.2, -0.15) is 0 Å². The Labute approximate surface area is 302 Å². The topological polar surface area (TPSA) is 21.3 Å². The summed E-state index contributed by atoms with van der Waals surface area (Å²) in [5.74, 6) is 0. The summed E-state index contributed by atoms with van der Waals surface area (Å²) in [5, 5.41) is 4.70. The molecule has 3 nitrogen and oxygen atoms in total. The number of furan rings is 1. The Morgan fingerprint density at radius 3 is 1.73 bits per heavy atom. The molecule has 0 aliphatic rings. The minimum absolute atomic E-state index is 0.872. The van der Waals surface area contributed by atoms with Gasteiger partial charge in [-0.15, -0.1) is 0 Å². The van der Waals surface area contributed by atoms with Crippen LogP contribution in [0.4, 0.5) is 17.1 Å². The van der Waals surface area contributed by atoms with Crippen molar-refractivity contribution in [3.8, 4) is 27.9 Å². The van der Waals surface area contributed by atoms with Crippen LogP contribution < -0.4 is 4.90 Å². The molecule has 0 fully saturated rings. The van der Waals surface area contributed by atoms with E-state index < -0.39 is 0 Å². The lowest BCUT2D eigenvalue weighted by atomic mass is 9.98. The molecule has 10 aromatic rings. The predicted molar refractivity (Wildman–Crippen MR) is 218 cm³/mol. The first-order chi connectivity index (χ1) is 25.7. The van der Waals surface area contributed by atoms with Gasteiger partial charge in [0.2, 0.25) is 0 Å². The fraction of sp³-hybridized carbons (Fsp3) is 0.0204. The highest BCUT2D eigenvalue weighted by Crippen LogP contribution is 2.47. The van der Waals surface area contributed by atoms with Crippen LogP contribution in [-0.2, 0) is 0 Å². The van der Waals surface area contributed by atoms with Crippen LogP contribution in [0.3, 0.4) is 0 Å². The molecular weight excluding hydrogens is 633 g/mol. The first-order valence-electron chi connectivity index (χ1n) is 17.8. The van der Waals surface area contributed by atoms with Crippen LogP contribution in [0.1, 0.15) is 5.56 Å². The van der Waals surface area contributed by atoms with Crippen molar-refractivity contribution in [1.29, 1.82) is 0 Å². The molecule has 10 rings (SSSR count). The molecule has 2 aromatic heterocycles. The van der Waals surface area contributed by atoms with E-state index in [1.165, 1.54) is 38.5 Å². The van der Waals surface area contributed by atoms with Gasteiger partial charge < -0.3 is 13.9 Å². The Balaban J connectivity index is 1.15. The highest BCUT2D eigenvalue weighted by atomic mass is 16.3. The van der Waals surface area contributed by atoms with E-state index in [2.05, 4.69) is 198 Å². The van der Waals surface area contributed by atoms with Crippen molar-refractivity contribution in [2.45, 2.75) is 6.92 Å². The molecule has 0 aliphatic heterocycles. The standard InChI is InChI=1S/C49H34N2O/c1-33-32-36(34-14-4-2-5-15-34)26-30-43(33)50(37-16-6-3-7-17-37)46-31-29-39(49-48(46)42-20-10-13-23-47(42)52-49)35-24-27-38(28-25-35)51-44-21-11-8-18-40(44)41-19-9-12-22-45(41)51/h2-32H,1H3. The van der Waals surface area contributed by atoms with Crippen LogP contribution in [-0.4, -0.2) is 4.57 Å². The lowest BCUT2D eigenvalue weighted by Crippen LogP contribution is -2.12. The average molecular weight is 667 g/mol. The van der Waals surface area contributed by atoms with Crippen molar-refractivity contribution < 1.29 is 4.42 Å². The lowest BCUT2D eigenvalue weighted by Gasteiger charge is -2.28. The zero-order valence-electron chi connectivity index (χ0n) is 28.7. The number of aryl methyl sites for hydroxylation is 1. The molecular formula is C49H34N2O. The van der Waals surface area contributed by atoms with Gasteiger partial charge in [-0.25, -0.2) is 0 Å². The third-order valence-electron chi connectivity index (χ3n) is 10.3. The molecule has 0 unspecified atom stereocenters. The predicted octanol–water partition coefficient (Wildman–Crippen LogP) is 13.8. The van der Waals surface area contributed by atoms with Gasteiger partial charge in [0.1, 0.15) is 11.2 Å². The highest BCUT2D eigenvalue weighted by Gasteiger charge is 2.23. The SMILES string of the molecule is Cc1cc(-c2ccccc2)ccc1N(c1ccccc1)c1ccc(-c2ccc(-n3c4ccccc4c4ccccc43)cc2)c2oc3ccccc3c12. The zero-order valence-corrected chi connectivity index (χ0v) is 28.7. The molecule has 0 amide bonds. The number of hydrogen-bond donors (Lipinski definition) is 0. The van der Waals surface area contributed by atoms with Gasteiger partial charge in [0.05, 0.1) is 22.1 Å². The second kappa shape index (κ2) is 12.2. The third-order valence-corrected chi connectivity index (χ3v) is 10.3. The molecule has 3 heteroatoms. The Kier molecular flexibility index (Phi) is 7.04. The number of hydrogen-bond acceptors (Lipinski definition) is 2. The van der Waals surface area contributed by atoms with Crippen LogP contribution >= 0.6 is 0 Å². The molecule has 0 bridgehead atoms. The quantitative estimate of drug-likeness (QED) is 0.176. The Hall–Kier alpha value is -6.84. The van der Waals surface area contributed by atoms with Gasteiger partial charge in [-0.1, -0.05) is 121 Å². The van der Waals surface area contributed by atoms with E-state index in [0.29, 0.717) is 0 Å². The van der Waals surface area contributed by atoms with Crippen molar-refractivity contribution in [3.63, 3.8) is 0 Å². The largest absolute Gasteiger partial charge is 0.455 e. The Morgan fingerprint density at radius 1 is 0.462 bits per heavy atom. The number of nitrogens with zero attached hydrogens (tertiary/aromatic N) is 2. The molecule has 0 spiro atoms. The van der Waals surface area contributed by atoms with E-state index >= 15 is 0 Å². The summed E-state index contributed by atoms with van der Waals surface area (Å²) in [7, 11) is 0. The van der Waals surface area contributed by atoms with Gasteiger partial charge in [-0.3, -0.25) is 0 Å². The summed E-state index contributed by atoms with van der Waals surface area (Å²) < 4.78 is 9.15.